The van der Waals surface area contributed by atoms with Crippen LogP contribution in [0.15, 0.2) is 168 Å². The summed E-state index contributed by atoms with van der Waals surface area (Å²) in [5.74, 6) is 1.86. The van der Waals surface area contributed by atoms with Crippen LogP contribution in [0.4, 0.5) is 0 Å². The lowest BCUT2D eigenvalue weighted by atomic mass is 9.95. The van der Waals surface area contributed by atoms with Gasteiger partial charge in [-0.1, -0.05) is 127 Å². The highest BCUT2D eigenvalue weighted by Gasteiger charge is 2.18. The van der Waals surface area contributed by atoms with E-state index < -0.39 is 0 Å². The molecule has 0 aliphatic rings. The van der Waals surface area contributed by atoms with Gasteiger partial charge in [0.2, 0.25) is 0 Å². The van der Waals surface area contributed by atoms with E-state index in [4.69, 9.17) is 19.4 Å². The Labute approximate surface area is 292 Å². The van der Waals surface area contributed by atoms with Crippen LogP contribution >= 0.6 is 11.3 Å². The highest BCUT2D eigenvalue weighted by molar-refractivity contribution is 7.25. The Balaban J connectivity index is 1.15. The summed E-state index contributed by atoms with van der Waals surface area (Å²) in [5.41, 5.74) is 8.89. The predicted molar refractivity (Wildman–Crippen MR) is 207 cm³/mol. The highest BCUT2D eigenvalue weighted by atomic mass is 32.1. The molecule has 0 unspecified atom stereocenters. The van der Waals surface area contributed by atoms with Gasteiger partial charge in [-0.25, -0.2) is 15.0 Å². The van der Waals surface area contributed by atoms with Crippen molar-refractivity contribution in [3.05, 3.63) is 164 Å². The SMILES string of the molecule is c1ccc(-c2cc(-c3ccccc3)c3oc4cc(-c5nc(-c6ccccc6)nc(-c6ccc7c(c6)sc6ccccc67)n5)ccc4c3c2)cc1. The Morgan fingerprint density at radius 2 is 0.920 bits per heavy atom. The summed E-state index contributed by atoms with van der Waals surface area (Å²) in [6.45, 7) is 0. The van der Waals surface area contributed by atoms with Crippen molar-refractivity contribution in [2.75, 3.05) is 0 Å². The van der Waals surface area contributed by atoms with Crippen molar-refractivity contribution >= 4 is 53.4 Å². The van der Waals surface area contributed by atoms with Gasteiger partial charge in [0.15, 0.2) is 17.5 Å². The van der Waals surface area contributed by atoms with Crippen LogP contribution in [-0.2, 0) is 0 Å². The lowest BCUT2D eigenvalue weighted by molar-refractivity contribution is 0.670. The molecule has 0 saturated heterocycles. The van der Waals surface area contributed by atoms with Crippen molar-refractivity contribution in [3.8, 4) is 56.4 Å². The van der Waals surface area contributed by atoms with Crippen LogP contribution in [0, 0.1) is 0 Å². The van der Waals surface area contributed by atoms with E-state index in [9.17, 15) is 0 Å². The first kappa shape index (κ1) is 28.6. The molecule has 234 valence electrons. The predicted octanol–water partition coefficient (Wildman–Crippen LogP) is 12.5. The van der Waals surface area contributed by atoms with Crippen molar-refractivity contribution < 1.29 is 4.42 Å². The zero-order valence-corrected chi connectivity index (χ0v) is 27.6. The molecule has 0 aliphatic carbocycles. The Morgan fingerprint density at radius 1 is 0.360 bits per heavy atom. The van der Waals surface area contributed by atoms with Gasteiger partial charge in [-0.05, 0) is 53.1 Å². The fourth-order valence-electron chi connectivity index (χ4n) is 6.86. The Hall–Kier alpha value is -6.43. The van der Waals surface area contributed by atoms with Crippen LogP contribution in [0.2, 0.25) is 0 Å². The Kier molecular flexibility index (Phi) is 6.64. The zero-order chi connectivity index (χ0) is 33.0. The van der Waals surface area contributed by atoms with Gasteiger partial charge >= 0.3 is 0 Å². The van der Waals surface area contributed by atoms with Gasteiger partial charge in [0.05, 0.1) is 0 Å². The molecular formula is C45H27N3OS. The second-order valence-corrected chi connectivity index (χ2v) is 13.5. The van der Waals surface area contributed by atoms with Gasteiger partial charge in [-0.15, -0.1) is 11.3 Å². The van der Waals surface area contributed by atoms with Gasteiger partial charge in [0.25, 0.3) is 0 Å². The molecule has 0 saturated carbocycles. The average molecular weight is 658 g/mol. The Bertz CT molecular complexity index is 2860. The topological polar surface area (TPSA) is 51.8 Å². The summed E-state index contributed by atoms with van der Waals surface area (Å²) in [5, 5.41) is 4.63. The van der Waals surface area contributed by atoms with Crippen molar-refractivity contribution in [2.24, 2.45) is 0 Å². The monoisotopic (exact) mass is 657 g/mol. The number of rotatable bonds is 5. The number of benzene rings is 7. The molecule has 3 aromatic heterocycles. The third-order valence-electron chi connectivity index (χ3n) is 9.33. The van der Waals surface area contributed by atoms with Crippen molar-refractivity contribution in [3.63, 3.8) is 0 Å². The first-order valence-corrected chi connectivity index (χ1v) is 17.4. The van der Waals surface area contributed by atoms with Gasteiger partial charge in [0, 0.05) is 53.2 Å². The van der Waals surface area contributed by atoms with Crippen LogP contribution in [0.5, 0.6) is 0 Å². The molecule has 0 amide bonds. The van der Waals surface area contributed by atoms with E-state index in [0.29, 0.717) is 17.5 Å². The maximum absolute atomic E-state index is 6.73. The smallest absolute Gasteiger partial charge is 0.164 e. The van der Waals surface area contributed by atoms with Crippen molar-refractivity contribution in [2.45, 2.75) is 0 Å². The molecule has 50 heavy (non-hydrogen) atoms. The molecule has 10 rings (SSSR count). The number of fused-ring (bicyclic) bond motifs is 6. The molecule has 3 heterocycles. The van der Waals surface area contributed by atoms with Gasteiger partial charge in [-0.3, -0.25) is 0 Å². The lowest BCUT2D eigenvalue weighted by Crippen LogP contribution is -2.00. The molecule has 0 spiro atoms. The van der Waals surface area contributed by atoms with E-state index in [2.05, 4.69) is 121 Å². The fraction of sp³-hybridized carbons (Fsp3) is 0. The van der Waals surface area contributed by atoms with E-state index in [1.807, 2.05) is 42.5 Å². The summed E-state index contributed by atoms with van der Waals surface area (Å²) < 4.78 is 9.21. The number of aromatic nitrogens is 3. The van der Waals surface area contributed by atoms with Crippen LogP contribution in [0.3, 0.4) is 0 Å². The van der Waals surface area contributed by atoms with Gasteiger partial charge < -0.3 is 4.42 Å². The third kappa shape index (κ3) is 4.87. The first-order valence-electron chi connectivity index (χ1n) is 16.6. The summed E-state index contributed by atoms with van der Waals surface area (Å²) in [7, 11) is 0. The minimum Gasteiger partial charge on any atom is -0.455 e. The molecule has 0 atom stereocenters. The number of furan rings is 1. The summed E-state index contributed by atoms with van der Waals surface area (Å²) >= 11 is 1.79. The highest BCUT2D eigenvalue weighted by Crippen LogP contribution is 2.41. The van der Waals surface area contributed by atoms with E-state index in [-0.39, 0.29) is 0 Å². The maximum atomic E-state index is 6.73. The van der Waals surface area contributed by atoms with Crippen LogP contribution in [0.25, 0.3) is 98.5 Å². The molecule has 0 radical (unpaired) electrons. The number of hydrogen-bond acceptors (Lipinski definition) is 5. The van der Waals surface area contributed by atoms with Crippen molar-refractivity contribution in [1.82, 2.24) is 15.0 Å². The molecule has 0 bridgehead atoms. The van der Waals surface area contributed by atoms with Crippen LogP contribution in [0.1, 0.15) is 0 Å². The minimum atomic E-state index is 0.598. The van der Waals surface area contributed by atoms with Crippen LogP contribution < -0.4 is 0 Å². The van der Waals surface area contributed by atoms with E-state index in [0.717, 1.165) is 60.9 Å². The third-order valence-corrected chi connectivity index (χ3v) is 10.5. The van der Waals surface area contributed by atoms with Gasteiger partial charge in [0.1, 0.15) is 11.2 Å². The van der Waals surface area contributed by atoms with E-state index in [1.54, 1.807) is 11.3 Å². The zero-order valence-electron chi connectivity index (χ0n) is 26.7. The molecule has 0 aliphatic heterocycles. The normalized spacial score (nSPS) is 11.6. The molecular weight excluding hydrogens is 631 g/mol. The molecule has 5 heteroatoms. The van der Waals surface area contributed by atoms with E-state index in [1.165, 1.54) is 20.2 Å². The summed E-state index contributed by atoms with van der Waals surface area (Å²) in [6.07, 6.45) is 0. The largest absolute Gasteiger partial charge is 0.455 e. The molecule has 7 aromatic carbocycles. The summed E-state index contributed by atoms with van der Waals surface area (Å²) in [4.78, 5) is 15.1. The first-order chi connectivity index (χ1) is 24.7. The summed E-state index contributed by atoms with van der Waals surface area (Å²) in [6, 6.07) is 56.9. The number of hydrogen-bond donors (Lipinski definition) is 0. The molecule has 10 aromatic rings. The molecule has 4 nitrogen and oxygen atoms in total. The molecule has 0 fully saturated rings. The van der Waals surface area contributed by atoms with E-state index >= 15 is 0 Å². The van der Waals surface area contributed by atoms with Gasteiger partial charge in [-0.2, -0.15) is 0 Å². The van der Waals surface area contributed by atoms with Crippen LogP contribution in [-0.4, -0.2) is 15.0 Å². The quantitative estimate of drug-likeness (QED) is 0.185. The lowest BCUT2D eigenvalue weighted by Gasteiger charge is -2.08. The minimum absolute atomic E-state index is 0.598. The fourth-order valence-corrected chi connectivity index (χ4v) is 8.01. The average Bonchev–Trinajstić information content (AvgIpc) is 3.76. The molecule has 0 N–H and O–H groups in total. The number of thiophene rings is 1. The maximum Gasteiger partial charge on any atom is 0.164 e. The second-order valence-electron chi connectivity index (χ2n) is 12.4. The standard InChI is InChI=1S/C45H27N3OS/c1-4-12-28(13-5-1)33-24-37(29-14-6-2-7-15-29)42-38(25-33)34-22-20-31(26-39(34)49-42)44-46-43(30-16-8-3-9-17-30)47-45(48-44)32-21-23-36-35-18-10-11-19-40(35)50-41(36)27-32/h1-27H. The van der Waals surface area contributed by atoms with Crippen molar-refractivity contribution in [1.29, 1.82) is 0 Å². The number of nitrogens with zero attached hydrogens (tertiary/aromatic N) is 3. The Morgan fingerprint density at radius 3 is 1.64 bits per heavy atom. The second kappa shape index (κ2) is 11.6.